The van der Waals surface area contributed by atoms with Gasteiger partial charge in [0.15, 0.2) is 4.96 Å². The molecule has 0 saturated heterocycles. The van der Waals surface area contributed by atoms with Crippen molar-refractivity contribution in [3.63, 3.8) is 0 Å². The van der Waals surface area contributed by atoms with Gasteiger partial charge in [0.1, 0.15) is 0 Å². The van der Waals surface area contributed by atoms with Crippen LogP contribution in [0.15, 0.2) is 17.8 Å². The van der Waals surface area contributed by atoms with E-state index in [2.05, 4.69) is 46.3 Å². The van der Waals surface area contributed by atoms with Crippen LogP contribution in [0.1, 0.15) is 51.6 Å². The maximum atomic E-state index is 4.60. The fraction of sp³-hybridized carbons (Fsp3) is 0.643. The summed E-state index contributed by atoms with van der Waals surface area (Å²) in [6.07, 6.45) is 10.6. The molecule has 4 heteroatoms. The molecule has 1 atom stereocenters. The molecule has 0 radical (unpaired) electrons. The molecule has 0 saturated carbocycles. The third kappa shape index (κ3) is 3.56. The minimum Gasteiger partial charge on any atom is -0.308 e. The zero-order valence-electron chi connectivity index (χ0n) is 11.4. The summed E-state index contributed by atoms with van der Waals surface area (Å²) in [6, 6.07) is 0.648. The summed E-state index contributed by atoms with van der Waals surface area (Å²) in [5.41, 5.74) is 1.15. The first-order valence-corrected chi connectivity index (χ1v) is 7.86. The standard InChI is InChI=1S/C14H23N3S/c1-3-5-7-12(6-4-2)15-10-13-11-17-8-9-18-14(17)16-13/h8-9,11-12,15H,3-7,10H2,1-2H3. The molecule has 2 rings (SSSR count). The Balaban J connectivity index is 1.86. The van der Waals surface area contributed by atoms with E-state index in [1.807, 2.05) is 0 Å². The average molecular weight is 265 g/mol. The predicted octanol–water partition coefficient (Wildman–Crippen LogP) is 3.84. The van der Waals surface area contributed by atoms with Crippen molar-refractivity contribution in [2.75, 3.05) is 0 Å². The highest BCUT2D eigenvalue weighted by Gasteiger charge is 2.08. The van der Waals surface area contributed by atoms with Crippen LogP contribution >= 0.6 is 11.3 Å². The predicted molar refractivity (Wildman–Crippen MR) is 78.1 cm³/mol. The lowest BCUT2D eigenvalue weighted by Crippen LogP contribution is -2.28. The second-order valence-corrected chi connectivity index (χ2v) is 5.71. The number of rotatable bonds is 8. The molecule has 18 heavy (non-hydrogen) atoms. The molecule has 1 N–H and O–H groups in total. The molecule has 2 aromatic rings. The number of nitrogens with one attached hydrogen (secondary N) is 1. The second kappa shape index (κ2) is 6.90. The van der Waals surface area contributed by atoms with Gasteiger partial charge < -0.3 is 5.32 Å². The van der Waals surface area contributed by atoms with E-state index in [4.69, 9.17) is 0 Å². The van der Waals surface area contributed by atoms with Crippen molar-refractivity contribution < 1.29 is 0 Å². The van der Waals surface area contributed by atoms with Gasteiger partial charge in [-0.05, 0) is 12.8 Å². The lowest BCUT2D eigenvalue weighted by atomic mass is 10.1. The molecular weight excluding hydrogens is 242 g/mol. The summed E-state index contributed by atoms with van der Waals surface area (Å²) >= 11 is 1.69. The Morgan fingerprint density at radius 3 is 2.94 bits per heavy atom. The van der Waals surface area contributed by atoms with Gasteiger partial charge in [-0.15, -0.1) is 11.3 Å². The van der Waals surface area contributed by atoms with Gasteiger partial charge >= 0.3 is 0 Å². The molecule has 2 heterocycles. The average Bonchev–Trinajstić information content (AvgIpc) is 2.93. The first-order chi connectivity index (χ1) is 8.83. The fourth-order valence-corrected chi connectivity index (χ4v) is 2.98. The van der Waals surface area contributed by atoms with Gasteiger partial charge in [-0.2, -0.15) is 0 Å². The van der Waals surface area contributed by atoms with Gasteiger partial charge in [-0.3, -0.25) is 4.40 Å². The maximum Gasteiger partial charge on any atom is 0.193 e. The summed E-state index contributed by atoms with van der Waals surface area (Å²) in [4.78, 5) is 5.69. The van der Waals surface area contributed by atoms with Gasteiger partial charge in [-0.1, -0.05) is 33.1 Å². The molecule has 1 unspecified atom stereocenters. The van der Waals surface area contributed by atoms with E-state index >= 15 is 0 Å². The van der Waals surface area contributed by atoms with Crippen LogP contribution in [-0.2, 0) is 6.54 Å². The first-order valence-electron chi connectivity index (χ1n) is 6.98. The Morgan fingerprint density at radius 2 is 2.22 bits per heavy atom. The van der Waals surface area contributed by atoms with Gasteiger partial charge in [0.2, 0.25) is 0 Å². The molecule has 0 spiro atoms. The van der Waals surface area contributed by atoms with Crippen molar-refractivity contribution in [3.8, 4) is 0 Å². The van der Waals surface area contributed by atoms with Gasteiger partial charge in [-0.25, -0.2) is 4.98 Å². The van der Waals surface area contributed by atoms with Crippen molar-refractivity contribution in [2.45, 2.75) is 58.5 Å². The maximum absolute atomic E-state index is 4.60. The summed E-state index contributed by atoms with van der Waals surface area (Å²) < 4.78 is 2.10. The molecule has 2 aromatic heterocycles. The van der Waals surface area contributed by atoms with Crippen molar-refractivity contribution >= 4 is 16.3 Å². The zero-order valence-corrected chi connectivity index (χ0v) is 12.2. The molecule has 0 aliphatic heterocycles. The normalized spacial score (nSPS) is 13.2. The van der Waals surface area contributed by atoms with E-state index in [1.54, 1.807) is 11.3 Å². The third-order valence-corrected chi connectivity index (χ3v) is 4.03. The van der Waals surface area contributed by atoms with Gasteiger partial charge in [0, 0.05) is 30.4 Å². The molecule has 0 amide bonds. The number of unbranched alkanes of at least 4 members (excludes halogenated alkanes) is 1. The number of hydrogen-bond acceptors (Lipinski definition) is 3. The van der Waals surface area contributed by atoms with Crippen LogP contribution in [-0.4, -0.2) is 15.4 Å². The minimum atomic E-state index is 0.648. The van der Waals surface area contributed by atoms with Crippen LogP contribution in [0.4, 0.5) is 0 Å². The highest BCUT2D eigenvalue weighted by atomic mass is 32.1. The molecule has 0 aromatic carbocycles. The second-order valence-electron chi connectivity index (χ2n) is 4.83. The van der Waals surface area contributed by atoms with Crippen molar-refractivity contribution in [1.82, 2.24) is 14.7 Å². The lowest BCUT2D eigenvalue weighted by Gasteiger charge is -2.16. The van der Waals surface area contributed by atoms with Crippen LogP contribution in [0.5, 0.6) is 0 Å². The SMILES string of the molecule is CCCCC(CCC)NCc1cn2ccsc2n1. The van der Waals surface area contributed by atoms with Crippen molar-refractivity contribution in [1.29, 1.82) is 0 Å². The Bertz CT molecular complexity index is 432. The molecule has 0 bridgehead atoms. The largest absolute Gasteiger partial charge is 0.308 e. The number of aromatic nitrogens is 2. The number of fused-ring (bicyclic) bond motifs is 1. The van der Waals surface area contributed by atoms with E-state index < -0.39 is 0 Å². The first kappa shape index (κ1) is 13.6. The summed E-state index contributed by atoms with van der Waals surface area (Å²) in [5.74, 6) is 0. The lowest BCUT2D eigenvalue weighted by molar-refractivity contribution is 0.432. The van der Waals surface area contributed by atoms with E-state index in [-0.39, 0.29) is 0 Å². The van der Waals surface area contributed by atoms with Crippen LogP contribution < -0.4 is 5.32 Å². The van der Waals surface area contributed by atoms with Crippen LogP contribution in [0, 0.1) is 0 Å². The molecular formula is C14H23N3S. The summed E-state index contributed by atoms with van der Waals surface area (Å²) in [7, 11) is 0. The van der Waals surface area contributed by atoms with Gasteiger partial charge in [0.25, 0.3) is 0 Å². The Morgan fingerprint density at radius 1 is 1.33 bits per heavy atom. The van der Waals surface area contributed by atoms with Crippen molar-refractivity contribution in [2.24, 2.45) is 0 Å². The number of thiazole rings is 1. The van der Waals surface area contributed by atoms with Crippen molar-refractivity contribution in [3.05, 3.63) is 23.5 Å². The summed E-state index contributed by atoms with van der Waals surface area (Å²) in [6.45, 7) is 5.41. The monoisotopic (exact) mass is 265 g/mol. The molecule has 0 aliphatic carbocycles. The number of nitrogens with zero attached hydrogens (tertiary/aromatic N) is 2. The molecule has 3 nitrogen and oxygen atoms in total. The summed E-state index contributed by atoms with van der Waals surface area (Å²) in [5, 5.41) is 5.72. The smallest absolute Gasteiger partial charge is 0.193 e. The van der Waals surface area contributed by atoms with E-state index in [9.17, 15) is 0 Å². The molecule has 0 fully saturated rings. The van der Waals surface area contributed by atoms with Gasteiger partial charge in [0.05, 0.1) is 5.69 Å². The minimum absolute atomic E-state index is 0.648. The van der Waals surface area contributed by atoms with Crippen LogP contribution in [0.25, 0.3) is 4.96 Å². The van der Waals surface area contributed by atoms with E-state index in [1.165, 1.54) is 32.1 Å². The zero-order chi connectivity index (χ0) is 12.8. The Labute approximate surface area is 113 Å². The number of imidazole rings is 1. The fourth-order valence-electron chi connectivity index (χ4n) is 2.26. The topological polar surface area (TPSA) is 29.3 Å². The van der Waals surface area contributed by atoms with E-state index in [0.29, 0.717) is 6.04 Å². The Hall–Kier alpha value is -0.870. The molecule has 0 aliphatic rings. The molecule has 100 valence electrons. The highest BCUT2D eigenvalue weighted by Crippen LogP contribution is 2.12. The van der Waals surface area contributed by atoms with Crippen LogP contribution in [0.3, 0.4) is 0 Å². The number of hydrogen-bond donors (Lipinski definition) is 1. The van der Waals surface area contributed by atoms with E-state index in [0.717, 1.165) is 17.2 Å². The third-order valence-electron chi connectivity index (χ3n) is 3.26. The Kier molecular flexibility index (Phi) is 5.20. The quantitative estimate of drug-likeness (QED) is 0.785. The highest BCUT2D eigenvalue weighted by molar-refractivity contribution is 7.15. The van der Waals surface area contributed by atoms with Crippen LogP contribution in [0.2, 0.25) is 0 Å².